The number of rotatable bonds is 11. The zero-order valence-corrected chi connectivity index (χ0v) is 18.8. The Hall–Kier alpha value is -3.55. The highest BCUT2D eigenvalue weighted by Gasteiger charge is 2.51. The fraction of sp³-hybridized carbons (Fsp3) is 0.389. The smallest absolute Gasteiger partial charge is 0.456 e. The van der Waals surface area contributed by atoms with Gasteiger partial charge < -0.3 is 29.0 Å². The number of primary amides is 1. The molecule has 0 radical (unpaired) electrons. The second-order valence-electron chi connectivity index (χ2n) is 6.49. The Labute approximate surface area is 191 Å². The third-order valence-electron chi connectivity index (χ3n) is 4.10. The molecule has 4 unspecified atom stereocenters. The van der Waals surface area contributed by atoms with Crippen molar-refractivity contribution < 1.29 is 51.1 Å². The molecule has 14 nitrogen and oxygen atoms in total. The molecule has 0 aromatic carbocycles. The number of hydrogen-bond acceptors (Lipinski definition) is 12. The molecule has 34 heavy (non-hydrogen) atoms. The molecule has 2 rings (SSSR count). The third-order valence-corrected chi connectivity index (χ3v) is 5.38. The molecule has 1 aromatic rings. The fourth-order valence-electron chi connectivity index (χ4n) is 2.98. The molecule has 0 bridgehead atoms. The standard InChI is InChI=1S/C18H21FN3O11P/c1-5-28-34(27,29-6-2)30-8-11-14(31-9(3)23)15(32-10(4)24)18(33-11)22-7-12(19)21-13(16(20)25)17(22)26/h5-7,11,14-15,18H,1-2,8H2,3-4H3,(H2,20,25). The number of halogens is 1. The van der Waals surface area contributed by atoms with Crippen molar-refractivity contribution in [3.8, 4) is 0 Å². The molecular weight excluding hydrogens is 484 g/mol. The molecule has 1 aliphatic rings. The largest absolute Gasteiger partial charge is 0.586 e. The minimum absolute atomic E-state index is 0.548. The number of carbonyl (C=O) groups excluding carboxylic acids is 3. The Kier molecular flexibility index (Phi) is 8.68. The van der Waals surface area contributed by atoms with Gasteiger partial charge in [-0.15, -0.1) is 0 Å². The summed E-state index contributed by atoms with van der Waals surface area (Å²) in [6, 6.07) is 0. The van der Waals surface area contributed by atoms with Crippen LogP contribution in [0.25, 0.3) is 0 Å². The molecule has 1 amide bonds. The average Bonchev–Trinajstić information content (AvgIpc) is 3.04. The van der Waals surface area contributed by atoms with Crippen molar-refractivity contribution >= 4 is 25.7 Å². The van der Waals surface area contributed by atoms with Gasteiger partial charge in [0.2, 0.25) is 5.95 Å². The number of phosphoric ester groups is 1. The lowest BCUT2D eigenvalue weighted by Crippen LogP contribution is -2.42. The van der Waals surface area contributed by atoms with Crippen LogP contribution in [0.1, 0.15) is 30.6 Å². The number of nitrogens with two attached hydrogens (primary N) is 1. The molecule has 0 spiro atoms. The molecule has 1 saturated heterocycles. The Morgan fingerprint density at radius 3 is 2.26 bits per heavy atom. The number of esters is 2. The van der Waals surface area contributed by atoms with Crippen LogP contribution in [0.5, 0.6) is 0 Å². The second kappa shape index (κ2) is 11.0. The summed E-state index contributed by atoms with van der Waals surface area (Å²) < 4.78 is 57.6. The summed E-state index contributed by atoms with van der Waals surface area (Å²) in [5.74, 6) is -4.35. The molecule has 16 heteroatoms. The lowest BCUT2D eigenvalue weighted by Gasteiger charge is -2.24. The highest BCUT2D eigenvalue weighted by atomic mass is 31.2. The van der Waals surface area contributed by atoms with Gasteiger partial charge in [-0.1, -0.05) is 13.2 Å². The van der Waals surface area contributed by atoms with Gasteiger partial charge in [0.05, 0.1) is 25.3 Å². The number of ether oxygens (including phenoxy) is 3. The summed E-state index contributed by atoms with van der Waals surface area (Å²) in [5.41, 5.74) is 2.92. The number of phosphoric acid groups is 1. The Bertz CT molecular complexity index is 1080. The lowest BCUT2D eigenvalue weighted by atomic mass is 10.1. The van der Waals surface area contributed by atoms with Crippen LogP contribution < -0.4 is 11.3 Å². The van der Waals surface area contributed by atoms with Crippen molar-refractivity contribution in [1.82, 2.24) is 9.55 Å². The highest BCUT2D eigenvalue weighted by molar-refractivity contribution is 7.48. The monoisotopic (exact) mass is 505 g/mol. The maximum absolute atomic E-state index is 14.0. The first-order valence-electron chi connectivity index (χ1n) is 9.34. The molecule has 4 atom stereocenters. The van der Waals surface area contributed by atoms with Crippen molar-refractivity contribution in [3.63, 3.8) is 0 Å². The van der Waals surface area contributed by atoms with Gasteiger partial charge in [-0.2, -0.15) is 4.39 Å². The molecule has 2 N–H and O–H groups in total. The summed E-state index contributed by atoms with van der Waals surface area (Å²) in [5, 5.41) is 0. The number of aromatic nitrogens is 2. The van der Waals surface area contributed by atoms with Crippen LogP contribution in [0.3, 0.4) is 0 Å². The van der Waals surface area contributed by atoms with E-state index in [0.29, 0.717) is 10.8 Å². The average molecular weight is 505 g/mol. The van der Waals surface area contributed by atoms with Crippen molar-refractivity contribution in [2.75, 3.05) is 6.61 Å². The summed E-state index contributed by atoms with van der Waals surface area (Å²) in [6.07, 6.45) is -3.89. The van der Waals surface area contributed by atoms with Crippen LogP contribution in [0.2, 0.25) is 0 Å². The van der Waals surface area contributed by atoms with Crippen LogP contribution >= 0.6 is 7.82 Å². The zero-order chi connectivity index (χ0) is 25.6. The molecule has 0 aliphatic carbocycles. The Balaban J connectivity index is 2.52. The van der Waals surface area contributed by atoms with Gasteiger partial charge in [-0.3, -0.25) is 28.3 Å². The Morgan fingerprint density at radius 1 is 1.21 bits per heavy atom. The van der Waals surface area contributed by atoms with E-state index in [0.717, 1.165) is 26.4 Å². The molecule has 0 saturated carbocycles. The summed E-state index contributed by atoms with van der Waals surface area (Å²) in [4.78, 5) is 50.7. The van der Waals surface area contributed by atoms with E-state index in [9.17, 15) is 28.1 Å². The van der Waals surface area contributed by atoms with E-state index in [1.165, 1.54) is 0 Å². The van der Waals surface area contributed by atoms with E-state index in [1.54, 1.807) is 0 Å². The molecular formula is C18H21FN3O11P. The van der Waals surface area contributed by atoms with E-state index in [2.05, 4.69) is 18.1 Å². The van der Waals surface area contributed by atoms with Gasteiger partial charge in [-0.25, -0.2) is 9.55 Å². The number of carbonyl (C=O) groups is 3. The van der Waals surface area contributed by atoms with Crippen molar-refractivity contribution in [1.29, 1.82) is 0 Å². The number of hydrogen-bond donors (Lipinski definition) is 1. The van der Waals surface area contributed by atoms with Gasteiger partial charge in [0.15, 0.2) is 24.1 Å². The van der Waals surface area contributed by atoms with Gasteiger partial charge in [0.25, 0.3) is 11.5 Å². The van der Waals surface area contributed by atoms with E-state index in [1.807, 2.05) is 0 Å². The van der Waals surface area contributed by atoms with Crippen LogP contribution in [-0.4, -0.2) is 52.3 Å². The molecule has 1 fully saturated rings. The quantitative estimate of drug-likeness (QED) is 0.252. The van der Waals surface area contributed by atoms with Crippen molar-refractivity contribution in [2.24, 2.45) is 5.73 Å². The van der Waals surface area contributed by atoms with Gasteiger partial charge in [0.1, 0.15) is 6.10 Å². The normalized spacial score (nSPS) is 21.9. The summed E-state index contributed by atoms with van der Waals surface area (Å²) >= 11 is 0. The first kappa shape index (κ1) is 26.7. The minimum Gasteiger partial charge on any atom is -0.456 e. The highest BCUT2D eigenvalue weighted by Crippen LogP contribution is 2.50. The van der Waals surface area contributed by atoms with Crippen molar-refractivity contribution in [3.05, 3.63) is 53.9 Å². The van der Waals surface area contributed by atoms with E-state index in [4.69, 9.17) is 33.5 Å². The van der Waals surface area contributed by atoms with Gasteiger partial charge in [0, 0.05) is 13.8 Å². The molecule has 2 heterocycles. The van der Waals surface area contributed by atoms with Gasteiger partial charge in [-0.05, 0) is 0 Å². The predicted octanol–water partition coefficient (Wildman–Crippen LogP) is 0.687. The number of nitrogens with zero attached hydrogens (tertiary/aromatic N) is 2. The minimum atomic E-state index is -4.27. The van der Waals surface area contributed by atoms with E-state index < -0.39 is 74.0 Å². The predicted molar refractivity (Wildman–Crippen MR) is 108 cm³/mol. The summed E-state index contributed by atoms with van der Waals surface area (Å²) in [7, 11) is -4.27. The number of amides is 1. The first-order chi connectivity index (χ1) is 15.9. The molecule has 186 valence electrons. The second-order valence-corrected chi connectivity index (χ2v) is 8.06. The van der Waals surface area contributed by atoms with Crippen LogP contribution in [0.15, 0.2) is 36.7 Å². The summed E-state index contributed by atoms with van der Waals surface area (Å²) in [6.45, 7) is 7.85. The maximum Gasteiger partial charge on any atom is 0.586 e. The van der Waals surface area contributed by atoms with Crippen LogP contribution in [0, 0.1) is 5.95 Å². The van der Waals surface area contributed by atoms with E-state index in [-0.39, 0.29) is 0 Å². The fourth-order valence-corrected chi connectivity index (χ4v) is 3.85. The molecule has 1 aliphatic heterocycles. The SMILES string of the molecule is C=COP(=O)(OC=C)OCC1OC(n2cc(F)nc(C(N)=O)c2=O)C(OC(C)=O)C1OC(C)=O. The van der Waals surface area contributed by atoms with Crippen LogP contribution in [0.4, 0.5) is 4.39 Å². The molecule has 1 aromatic heterocycles. The van der Waals surface area contributed by atoms with E-state index >= 15 is 0 Å². The third kappa shape index (κ3) is 6.27. The topological polar surface area (TPSA) is 185 Å². The van der Waals surface area contributed by atoms with Gasteiger partial charge >= 0.3 is 19.8 Å². The maximum atomic E-state index is 14.0. The Morgan fingerprint density at radius 2 is 1.76 bits per heavy atom. The zero-order valence-electron chi connectivity index (χ0n) is 18.0. The lowest BCUT2D eigenvalue weighted by molar-refractivity contribution is -0.165. The van der Waals surface area contributed by atoms with Crippen molar-refractivity contribution in [2.45, 2.75) is 38.4 Å². The van der Waals surface area contributed by atoms with Crippen LogP contribution in [-0.2, 0) is 41.9 Å². The first-order valence-corrected chi connectivity index (χ1v) is 10.8.